The van der Waals surface area contributed by atoms with Crippen LogP contribution in [0, 0.1) is 64.6 Å². The largest absolute Gasteiger partial charge is 0.171 e. The fourth-order valence-corrected chi connectivity index (χ4v) is 11.1. The number of hydrogen-bond donors (Lipinski definition) is 0. The zero-order valence-electron chi connectivity index (χ0n) is 22.2. The van der Waals surface area contributed by atoms with E-state index in [1.165, 1.54) is 70.6 Å². The van der Waals surface area contributed by atoms with E-state index in [0.717, 1.165) is 47.2 Å². The minimum Gasteiger partial charge on any atom is -0.160 e. The Hall–Kier alpha value is -0.930. The van der Waals surface area contributed by atoms with Crippen LogP contribution in [0.4, 0.5) is 0 Å². The van der Waals surface area contributed by atoms with Crippen molar-refractivity contribution in [2.45, 2.75) is 118 Å². The molecule has 1 aromatic heterocycles. The van der Waals surface area contributed by atoms with Crippen molar-refractivity contribution in [1.29, 1.82) is 0 Å². The zero-order valence-corrected chi connectivity index (χ0v) is 22.2. The van der Waals surface area contributed by atoms with Gasteiger partial charge in [0.05, 0.1) is 6.04 Å². The third kappa shape index (κ3) is 3.03. The number of fused-ring (bicyclic) bond motifs is 4. The quantitative estimate of drug-likeness (QED) is 0.456. The molecule has 5 aliphatic carbocycles. The average Bonchev–Trinajstić information content (AvgIpc) is 3.01. The summed E-state index contributed by atoms with van der Waals surface area (Å²) in [7, 11) is 0. The molecule has 0 N–H and O–H groups in total. The first kappa shape index (κ1) is 22.5. The molecule has 0 bridgehead atoms. The van der Waals surface area contributed by atoms with E-state index in [-0.39, 0.29) is 0 Å². The lowest BCUT2D eigenvalue weighted by atomic mass is 9.45. The second kappa shape index (κ2) is 7.53. The lowest BCUT2D eigenvalue weighted by molar-refractivity contribution is -0.128. The molecule has 1 aromatic rings. The summed E-state index contributed by atoms with van der Waals surface area (Å²) in [6, 6.07) is 0.488. The third-order valence-corrected chi connectivity index (χ3v) is 12.6. The standard InChI is InChI=1S/C29H48N4/c1-18(2)8-7-9-19(3)23-10-11-24-22-16-26(33-31-20(4)30-32-33)29-17-21(29)12-15-28(29,6)25(22)13-14-27(23,24)5/h18-19,21-26H,7-17H2,1-6H3. The van der Waals surface area contributed by atoms with Crippen LogP contribution in [0.3, 0.4) is 0 Å². The average molecular weight is 453 g/mol. The molecule has 10 atom stereocenters. The number of rotatable bonds is 6. The Kier molecular flexibility index (Phi) is 5.14. The molecular formula is C29H48N4. The molecule has 5 fully saturated rings. The SMILES string of the molecule is Cc1nnn(C2CC3C4CCC(C(C)CCCC(C)C)C4(C)CCC3C3(C)CCC4CC423)n1. The van der Waals surface area contributed by atoms with Crippen LogP contribution in [-0.4, -0.2) is 20.2 Å². The molecule has 33 heavy (non-hydrogen) atoms. The van der Waals surface area contributed by atoms with Gasteiger partial charge in [0.15, 0.2) is 5.82 Å². The van der Waals surface area contributed by atoms with E-state index in [1.807, 2.05) is 6.92 Å². The molecule has 0 amide bonds. The Bertz CT molecular complexity index is 892. The highest BCUT2D eigenvalue weighted by molar-refractivity contribution is 5.26. The van der Waals surface area contributed by atoms with Crippen LogP contribution in [0.5, 0.6) is 0 Å². The van der Waals surface area contributed by atoms with E-state index in [2.05, 4.69) is 49.7 Å². The zero-order chi connectivity index (χ0) is 23.2. The van der Waals surface area contributed by atoms with Gasteiger partial charge in [0, 0.05) is 5.41 Å². The highest BCUT2D eigenvalue weighted by Gasteiger charge is 2.78. The van der Waals surface area contributed by atoms with Crippen molar-refractivity contribution in [1.82, 2.24) is 20.2 Å². The van der Waals surface area contributed by atoms with Crippen LogP contribution < -0.4 is 0 Å². The molecule has 0 saturated heterocycles. The van der Waals surface area contributed by atoms with Gasteiger partial charge in [-0.3, -0.25) is 0 Å². The Morgan fingerprint density at radius 1 is 1.00 bits per heavy atom. The molecule has 0 aromatic carbocycles. The maximum atomic E-state index is 4.82. The molecule has 0 radical (unpaired) electrons. The highest BCUT2D eigenvalue weighted by atomic mass is 15.6. The van der Waals surface area contributed by atoms with Crippen molar-refractivity contribution < 1.29 is 0 Å². The van der Waals surface area contributed by atoms with Crippen molar-refractivity contribution >= 4 is 0 Å². The Labute approximate surface area is 202 Å². The first-order valence-corrected chi connectivity index (χ1v) is 14.5. The number of aryl methyl sites for hydroxylation is 1. The van der Waals surface area contributed by atoms with E-state index in [4.69, 9.17) is 5.10 Å². The molecule has 5 aliphatic rings. The first-order chi connectivity index (χ1) is 15.7. The summed E-state index contributed by atoms with van der Waals surface area (Å²) in [6.07, 6.45) is 15.8. The highest BCUT2D eigenvalue weighted by Crippen LogP contribution is 2.84. The minimum atomic E-state index is 0.469. The third-order valence-electron chi connectivity index (χ3n) is 12.6. The maximum Gasteiger partial charge on any atom is 0.171 e. The van der Waals surface area contributed by atoms with E-state index in [9.17, 15) is 0 Å². The van der Waals surface area contributed by atoms with E-state index in [1.54, 1.807) is 0 Å². The molecule has 10 unspecified atom stereocenters. The van der Waals surface area contributed by atoms with Gasteiger partial charge in [0.2, 0.25) is 0 Å². The number of tetrazole rings is 1. The predicted molar refractivity (Wildman–Crippen MR) is 132 cm³/mol. The molecular weight excluding hydrogens is 404 g/mol. The monoisotopic (exact) mass is 452 g/mol. The summed E-state index contributed by atoms with van der Waals surface area (Å²) in [6.45, 7) is 14.8. The molecule has 4 nitrogen and oxygen atoms in total. The van der Waals surface area contributed by atoms with Crippen molar-refractivity contribution in [2.24, 2.45) is 57.7 Å². The summed E-state index contributed by atoms with van der Waals surface area (Å²) >= 11 is 0. The van der Waals surface area contributed by atoms with Crippen molar-refractivity contribution in [3.8, 4) is 0 Å². The van der Waals surface area contributed by atoms with Gasteiger partial charge < -0.3 is 0 Å². The fourth-order valence-electron chi connectivity index (χ4n) is 11.1. The van der Waals surface area contributed by atoms with Crippen molar-refractivity contribution in [2.75, 3.05) is 0 Å². The Morgan fingerprint density at radius 3 is 2.52 bits per heavy atom. The van der Waals surface area contributed by atoms with Gasteiger partial charge in [0.25, 0.3) is 0 Å². The van der Waals surface area contributed by atoms with E-state index < -0.39 is 0 Å². The molecule has 1 spiro atoms. The van der Waals surface area contributed by atoms with Crippen LogP contribution in [0.2, 0.25) is 0 Å². The molecule has 4 heteroatoms. The van der Waals surface area contributed by atoms with Crippen LogP contribution in [0.25, 0.3) is 0 Å². The normalized spacial score (nSPS) is 48.8. The van der Waals surface area contributed by atoms with Crippen molar-refractivity contribution in [3.63, 3.8) is 0 Å². The van der Waals surface area contributed by atoms with Gasteiger partial charge in [0.1, 0.15) is 0 Å². The molecule has 0 aliphatic heterocycles. The topological polar surface area (TPSA) is 43.6 Å². The molecule has 1 heterocycles. The second-order valence-corrected chi connectivity index (χ2v) is 14.2. The number of aromatic nitrogens is 4. The van der Waals surface area contributed by atoms with Gasteiger partial charge >= 0.3 is 0 Å². The minimum absolute atomic E-state index is 0.469. The van der Waals surface area contributed by atoms with Crippen LogP contribution in [-0.2, 0) is 0 Å². The van der Waals surface area contributed by atoms with Gasteiger partial charge in [-0.2, -0.15) is 4.80 Å². The van der Waals surface area contributed by atoms with Gasteiger partial charge in [-0.05, 0) is 116 Å². The Morgan fingerprint density at radius 2 is 1.82 bits per heavy atom. The van der Waals surface area contributed by atoms with Crippen LogP contribution in [0.15, 0.2) is 0 Å². The van der Waals surface area contributed by atoms with E-state index in [0.29, 0.717) is 22.3 Å². The summed E-state index contributed by atoms with van der Waals surface area (Å²) in [4.78, 5) is 2.10. The Balaban J connectivity index is 1.28. The molecule has 6 rings (SSSR count). The lowest BCUT2D eigenvalue weighted by Gasteiger charge is -2.61. The first-order valence-electron chi connectivity index (χ1n) is 14.5. The van der Waals surface area contributed by atoms with Gasteiger partial charge in [-0.15, -0.1) is 10.2 Å². The fraction of sp³-hybridized carbons (Fsp3) is 0.966. The summed E-state index contributed by atoms with van der Waals surface area (Å²) < 4.78 is 0. The second-order valence-electron chi connectivity index (χ2n) is 14.2. The maximum absolute atomic E-state index is 4.82. The smallest absolute Gasteiger partial charge is 0.160 e. The number of nitrogens with zero attached hydrogens (tertiary/aromatic N) is 4. The lowest BCUT2D eigenvalue weighted by Crippen LogP contribution is -2.55. The van der Waals surface area contributed by atoms with Crippen LogP contribution in [0.1, 0.15) is 117 Å². The summed E-state index contributed by atoms with van der Waals surface area (Å²) in [5.74, 6) is 7.13. The predicted octanol–water partition coefficient (Wildman–Crippen LogP) is 7.25. The number of hydrogen-bond acceptors (Lipinski definition) is 3. The van der Waals surface area contributed by atoms with Gasteiger partial charge in [-0.1, -0.05) is 53.9 Å². The summed E-state index contributed by atoms with van der Waals surface area (Å²) in [5.41, 5.74) is 1.52. The molecule has 184 valence electrons. The summed E-state index contributed by atoms with van der Waals surface area (Å²) in [5, 5.41) is 13.8. The molecule has 5 saturated carbocycles. The van der Waals surface area contributed by atoms with Crippen molar-refractivity contribution in [3.05, 3.63) is 5.82 Å². The van der Waals surface area contributed by atoms with E-state index >= 15 is 0 Å². The van der Waals surface area contributed by atoms with Crippen LogP contribution >= 0.6 is 0 Å². The van der Waals surface area contributed by atoms with Gasteiger partial charge in [-0.25, -0.2) is 0 Å².